The van der Waals surface area contributed by atoms with Crippen LogP contribution in [0.2, 0.25) is 0 Å². The van der Waals surface area contributed by atoms with Crippen LogP contribution in [0.4, 0.5) is 11.5 Å². The number of likely N-dealkylation sites (tertiary alicyclic amines) is 1. The summed E-state index contributed by atoms with van der Waals surface area (Å²) in [7, 11) is 0. The molecular weight excluding hydrogens is 292 g/mol. The van der Waals surface area contributed by atoms with Crippen molar-refractivity contribution in [2.45, 2.75) is 32.6 Å². The zero-order valence-electron chi connectivity index (χ0n) is 13.4. The molecule has 3 rings (SSSR count). The Morgan fingerprint density at radius 3 is 2.74 bits per heavy atom. The van der Waals surface area contributed by atoms with E-state index in [2.05, 4.69) is 9.88 Å². The standard InChI is InChI=1S/C17H22N4O2/c1-12-15(21(22)23)6-5-14-13(11-16(18)19-17(12)14)7-10-20-8-3-2-4-9-20/h5-6,11H,2-4,7-10H2,1H3,(H2,18,19). The Balaban J connectivity index is 1.93. The van der Waals surface area contributed by atoms with Crippen molar-refractivity contribution in [1.29, 1.82) is 0 Å². The van der Waals surface area contributed by atoms with Crippen LogP contribution in [0.1, 0.15) is 30.4 Å². The van der Waals surface area contributed by atoms with Crippen LogP contribution in [0.25, 0.3) is 10.9 Å². The molecular formula is C17H22N4O2. The van der Waals surface area contributed by atoms with Crippen molar-refractivity contribution in [3.8, 4) is 0 Å². The fraction of sp³-hybridized carbons (Fsp3) is 0.471. The third kappa shape index (κ3) is 3.27. The molecule has 0 amide bonds. The van der Waals surface area contributed by atoms with Crippen molar-refractivity contribution in [3.05, 3.63) is 39.4 Å². The first-order chi connectivity index (χ1) is 11.1. The number of nitrogen functional groups attached to an aromatic ring is 1. The lowest BCUT2D eigenvalue weighted by atomic mass is 10.0. The molecule has 1 fully saturated rings. The Labute approximate surface area is 135 Å². The normalized spacial score (nSPS) is 15.9. The zero-order valence-corrected chi connectivity index (χ0v) is 13.4. The molecule has 1 aromatic heterocycles. The molecule has 2 N–H and O–H groups in total. The van der Waals surface area contributed by atoms with Gasteiger partial charge in [0.1, 0.15) is 5.82 Å². The number of aryl methyl sites for hydroxylation is 1. The largest absolute Gasteiger partial charge is 0.384 e. The van der Waals surface area contributed by atoms with E-state index < -0.39 is 0 Å². The van der Waals surface area contributed by atoms with E-state index in [4.69, 9.17) is 5.73 Å². The molecule has 0 saturated carbocycles. The summed E-state index contributed by atoms with van der Waals surface area (Å²) < 4.78 is 0. The molecule has 2 aromatic rings. The number of piperidine rings is 1. The molecule has 1 aliphatic rings. The highest BCUT2D eigenvalue weighted by Gasteiger charge is 2.17. The molecule has 1 aromatic carbocycles. The molecule has 23 heavy (non-hydrogen) atoms. The average molecular weight is 314 g/mol. The van der Waals surface area contributed by atoms with Crippen molar-refractivity contribution < 1.29 is 4.92 Å². The van der Waals surface area contributed by atoms with Crippen molar-refractivity contribution >= 4 is 22.4 Å². The summed E-state index contributed by atoms with van der Waals surface area (Å²) in [5.41, 5.74) is 8.38. The molecule has 6 heteroatoms. The number of rotatable bonds is 4. The summed E-state index contributed by atoms with van der Waals surface area (Å²) in [6.07, 6.45) is 4.75. The molecule has 0 unspecified atom stereocenters. The van der Waals surface area contributed by atoms with Crippen LogP contribution in [0, 0.1) is 17.0 Å². The highest BCUT2D eigenvalue weighted by Crippen LogP contribution is 2.29. The smallest absolute Gasteiger partial charge is 0.274 e. The van der Waals surface area contributed by atoms with Crippen LogP contribution in [0.3, 0.4) is 0 Å². The average Bonchev–Trinajstić information content (AvgIpc) is 2.54. The van der Waals surface area contributed by atoms with Crippen molar-refractivity contribution in [1.82, 2.24) is 9.88 Å². The van der Waals surface area contributed by atoms with Gasteiger partial charge in [-0.05, 0) is 57.0 Å². The van der Waals surface area contributed by atoms with Crippen LogP contribution in [0.15, 0.2) is 18.2 Å². The molecule has 0 aliphatic carbocycles. The molecule has 0 atom stereocenters. The maximum Gasteiger partial charge on any atom is 0.274 e. The van der Waals surface area contributed by atoms with Gasteiger partial charge in [0, 0.05) is 18.0 Å². The van der Waals surface area contributed by atoms with Gasteiger partial charge in [-0.3, -0.25) is 10.1 Å². The van der Waals surface area contributed by atoms with Crippen LogP contribution < -0.4 is 5.73 Å². The van der Waals surface area contributed by atoms with Gasteiger partial charge in [-0.2, -0.15) is 0 Å². The number of hydrogen-bond donors (Lipinski definition) is 1. The molecule has 0 spiro atoms. The first kappa shape index (κ1) is 15.7. The number of nitrogens with two attached hydrogens (primary N) is 1. The predicted octanol–water partition coefficient (Wildman–Crippen LogP) is 3.06. The summed E-state index contributed by atoms with van der Waals surface area (Å²) in [5, 5.41) is 12.1. The summed E-state index contributed by atoms with van der Waals surface area (Å²) in [5.74, 6) is 0.426. The third-order valence-corrected chi connectivity index (χ3v) is 4.65. The Hall–Kier alpha value is -2.21. The Bertz CT molecular complexity index is 739. The number of pyridine rings is 1. The first-order valence-corrected chi connectivity index (χ1v) is 8.11. The molecule has 1 aliphatic heterocycles. The molecule has 0 radical (unpaired) electrons. The maximum atomic E-state index is 11.1. The minimum absolute atomic E-state index is 0.0950. The minimum atomic E-state index is -0.368. The summed E-state index contributed by atoms with van der Waals surface area (Å²) in [4.78, 5) is 17.5. The highest BCUT2D eigenvalue weighted by molar-refractivity contribution is 5.89. The number of hydrogen-bond acceptors (Lipinski definition) is 5. The summed E-state index contributed by atoms with van der Waals surface area (Å²) in [6, 6.07) is 5.27. The van der Waals surface area contributed by atoms with E-state index in [9.17, 15) is 10.1 Å². The van der Waals surface area contributed by atoms with Gasteiger partial charge in [0.15, 0.2) is 0 Å². The fourth-order valence-corrected chi connectivity index (χ4v) is 3.38. The number of fused-ring (bicyclic) bond motifs is 1. The lowest BCUT2D eigenvalue weighted by Gasteiger charge is -2.26. The minimum Gasteiger partial charge on any atom is -0.384 e. The maximum absolute atomic E-state index is 11.1. The van der Waals surface area contributed by atoms with Crippen LogP contribution in [-0.2, 0) is 6.42 Å². The van der Waals surface area contributed by atoms with E-state index in [-0.39, 0.29) is 10.6 Å². The Morgan fingerprint density at radius 2 is 2.04 bits per heavy atom. The Morgan fingerprint density at radius 1 is 1.30 bits per heavy atom. The third-order valence-electron chi connectivity index (χ3n) is 4.65. The lowest BCUT2D eigenvalue weighted by molar-refractivity contribution is -0.385. The second-order valence-electron chi connectivity index (χ2n) is 6.22. The van der Waals surface area contributed by atoms with Gasteiger partial charge in [-0.15, -0.1) is 0 Å². The topological polar surface area (TPSA) is 85.3 Å². The van der Waals surface area contributed by atoms with E-state index in [1.807, 2.05) is 6.07 Å². The van der Waals surface area contributed by atoms with Crippen molar-refractivity contribution in [2.24, 2.45) is 0 Å². The predicted molar refractivity (Wildman–Crippen MR) is 91.5 cm³/mol. The lowest BCUT2D eigenvalue weighted by Crippen LogP contribution is -2.31. The van der Waals surface area contributed by atoms with E-state index in [1.54, 1.807) is 19.1 Å². The number of aromatic nitrogens is 1. The number of nitro groups is 1. The number of nitrogens with zero attached hydrogens (tertiary/aromatic N) is 3. The summed E-state index contributed by atoms with van der Waals surface area (Å²) in [6.45, 7) is 5.04. The Kier molecular flexibility index (Phi) is 4.43. The van der Waals surface area contributed by atoms with Gasteiger partial charge in [0.2, 0.25) is 0 Å². The van der Waals surface area contributed by atoms with Crippen LogP contribution >= 0.6 is 0 Å². The van der Waals surface area contributed by atoms with Crippen LogP contribution in [0.5, 0.6) is 0 Å². The molecule has 0 bridgehead atoms. The van der Waals surface area contributed by atoms with Gasteiger partial charge >= 0.3 is 0 Å². The van der Waals surface area contributed by atoms with E-state index in [0.29, 0.717) is 16.9 Å². The van der Waals surface area contributed by atoms with Crippen molar-refractivity contribution in [2.75, 3.05) is 25.4 Å². The molecule has 2 heterocycles. The van der Waals surface area contributed by atoms with Gasteiger partial charge in [0.25, 0.3) is 5.69 Å². The second-order valence-corrected chi connectivity index (χ2v) is 6.22. The monoisotopic (exact) mass is 314 g/mol. The van der Waals surface area contributed by atoms with Gasteiger partial charge in [-0.1, -0.05) is 6.42 Å². The van der Waals surface area contributed by atoms with Gasteiger partial charge < -0.3 is 10.6 Å². The summed E-state index contributed by atoms with van der Waals surface area (Å²) >= 11 is 0. The van der Waals surface area contributed by atoms with E-state index >= 15 is 0 Å². The van der Waals surface area contributed by atoms with Crippen LogP contribution in [-0.4, -0.2) is 34.4 Å². The fourth-order valence-electron chi connectivity index (χ4n) is 3.38. The molecule has 122 valence electrons. The second kappa shape index (κ2) is 6.50. The van der Waals surface area contributed by atoms with Gasteiger partial charge in [0.05, 0.1) is 16.0 Å². The SMILES string of the molecule is Cc1c([N+](=O)[O-])ccc2c(CCN3CCCCC3)cc(N)nc12. The highest BCUT2D eigenvalue weighted by atomic mass is 16.6. The van der Waals surface area contributed by atoms with E-state index in [0.717, 1.165) is 37.0 Å². The van der Waals surface area contributed by atoms with Crippen molar-refractivity contribution in [3.63, 3.8) is 0 Å². The van der Waals surface area contributed by atoms with E-state index in [1.165, 1.54) is 19.3 Å². The molecule has 1 saturated heterocycles. The molecule has 6 nitrogen and oxygen atoms in total. The quantitative estimate of drug-likeness (QED) is 0.692. The number of benzene rings is 1. The number of nitro benzene ring substituents is 1. The first-order valence-electron chi connectivity index (χ1n) is 8.11. The number of anilines is 1. The zero-order chi connectivity index (χ0) is 16.4. The van der Waals surface area contributed by atoms with Gasteiger partial charge in [-0.25, -0.2) is 4.98 Å².